The third-order valence-corrected chi connectivity index (χ3v) is 0.771. The first-order chi connectivity index (χ1) is 3.18. The van der Waals surface area contributed by atoms with Crippen molar-refractivity contribution in [2.24, 2.45) is 5.92 Å². The van der Waals surface area contributed by atoms with Crippen molar-refractivity contribution >= 4 is 5.91 Å². The molecule has 44 valence electrons. The maximum absolute atomic E-state index is 10.4. The Labute approximate surface area is 94.3 Å². The Balaban J connectivity index is -0.000000180. The number of hydrogen-bond donors (Lipinski definition) is 1. The van der Waals surface area contributed by atoms with Gasteiger partial charge >= 0.3 is 51.4 Å². The largest absolute Gasteiger partial charge is 1.00 e. The van der Waals surface area contributed by atoms with Gasteiger partial charge in [-0.15, -0.1) is 0 Å². The quantitative estimate of drug-likeness (QED) is 0.402. The minimum atomic E-state index is 0. The van der Waals surface area contributed by atoms with E-state index >= 15 is 0 Å². The zero-order valence-electron chi connectivity index (χ0n) is 6.99. The average molecular weight is 141 g/mol. The molecule has 0 aliphatic carbocycles. The number of carbonyl (C=O) groups is 1. The Morgan fingerprint density at radius 3 is 2.00 bits per heavy atom. The van der Waals surface area contributed by atoms with Crippen LogP contribution in [0.5, 0.6) is 0 Å². The second-order valence-corrected chi connectivity index (χ2v) is 1.77. The van der Waals surface area contributed by atoms with Crippen molar-refractivity contribution in [1.82, 2.24) is 5.32 Å². The van der Waals surface area contributed by atoms with Gasteiger partial charge in [-0.1, -0.05) is 13.8 Å². The fourth-order valence-corrected chi connectivity index (χ4v) is 0.289. The van der Waals surface area contributed by atoms with Gasteiger partial charge in [0.2, 0.25) is 5.91 Å². The van der Waals surface area contributed by atoms with E-state index in [1.165, 1.54) is 0 Å². The minimum Gasteiger partial charge on any atom is -1.00 e. The third kappa shape index (κ3) is 5.25. The minimum absolute atomic E-state index is 0. The van der Waals surface area contributed by atoms with Crippen LogP contribution in [0, 0.1) is 5.92 Å². The van der Waals surface area contributed by atoms with E-state index in [1.54, 1.807) is 7.05 Å². The van der Waals surface area contributed by atoms with Crippen LogP contribution >= 0.6 is 0 Å². The Morgan fingerprint density at radius 2 is 2.00 bits per heavy atom. The monoisotopic (exact) mass is 141 g/mol. The molecular formula is C5H12KNO. The van der Waals surface area contributed by atoms with E-state index in [1.807, 2.05) is 13.8 Å². The number of hydrogen-bond acceptors (Lipinski definition) is 1. The summed E-state index contributed by atoms with van der Waals surface area (Å²) >= 11 is 0. The Bertz CT molecular complexity index is 77.4. The molecule has 2 nitrogen and oxygen atoms in total. The van der Waals surface area contributed by atoms with Gasteiger partial charge in [-0.25, -0.2) is 0 Å². The van der Waals surface area contributed by atoms with Crippen molar-refractivity contribution in [3.05, 3.63) is 0 Å². The molecule has 0 radical (unpaired) electrons. The smallest absolute Gasteiger partial charge is 1.00 e. The molecule has 0 saturated heterocycles. The summed E-state index contributed by atoms with van der Waals surface area (Å²) in [5, 5.41) is 2.53. The molecule has 0 spiro atoms. The Kier molecular flexibility index (Phi) is 9.23. The van der Waals surface area contributed by atoms with Crippen molar-refractivity contribution < 1.29 is 57.6 Å². The first kappa shape index (κ1) is 11.8. The van der Waals surface area contributed by atoms with Crippen molar-refractivity contribution in [2.75, 3.05) is 7.05 Å². The predicted molar refractivity (Wildman–Crippen MR) is 30.0 cm³/mol. The summed E-state index contributed by atoms with van der Waals surface area (Å²) in [6.07, 6.45) is 0. The van der Waals surface area contributed by atoms with E-state index in [0.717, 1.165) is 0 Å². The van der Waals surface area contributed by atoms with Crippen LogP contribution in [0.15, 0.2) is 0 Å². The van der Waals surface area contributed by atoms with E-state index < -0.39 is 0 Å². The van der Waals surface area contributed by atoms with Crippen molar-refractivity contribution in [3.63, 3.8) is 0 Å². The number of amides is 1. The number of nitrogens with one attached hydrogen (secondary N) is 1. The summed E-state index contributed by atoms with van der Waals surface area (Å²) in [5.41, 5.74) is 0. The van der Waals surface area contributed by atoms with Crippen LogP contribution in [0.2, 0.25) is 0 Å². The Hall–Kier alpha value is 1.11. The molecule has 0 rings (SSSR count). The van der Waals surface area contributed by atoms with E-state index in [4.69, 9.17) is 0 Å². The zero-order valence-corrected chi connectivity index (χ0v) is 9.11. The molecular weight excluding hydrogens is 129 g/mol. The second kappa shape index (κ2) is 6.23. The molecule has 0 saturated carbocycles. The molecule has 0 bridgehead atoms. The summed E-state index contributed by atoms with van der Waals surface area (Å²) in [6.45, 7) is 3.72. The summed E-state index contributed by atoms with van der Waals surface area (Å²) in [7, 11) is 1.64. The summed E-state index contributed by atoms with van der Waals surface area (Å²) in [4.78, 5) is 10.4. The van der Waals surface area contributed by atoms with Crippen LogP contribution in [0.4, 0.5) is 0 Å². The molecule has 0 aromatic heterocycles. The van der Waals surface area contributed by atoms with Crippen LogP contribution in [0.25, 0.3) is 0 Å². The normalized spacial score (nSPS) is 8.00. The molecule has 0 aliphatic heterocycles. The summed E-state index contributed by atoms with van der Waals surface area (Å²) < 4.78 is 0. The molecule has 0 aliphatic rings. The van der Waals surface area contributed by atoms with Crippen LogP contribution in [0.3, 0.4) is 0 Å². The standard InChI is InChI=1S/C5H11NO.K.H/c1-4(2)5(7)6-3;;/h4H,1-3H3,(H,6,7);;/q;+1;-1. The maximum atomic E-state index is 10.4. The fraction of sp³-hybridized carbons (Fsp3) is 0.800. The van der Waals surface area contributed by atoms with Crippen molar-refractivity contribution in [3.8, 4) is 0 Å². The molecule has 8 heavy (non-hydrogen) atoms. The molecule has 0 aromatic rings. The number of rotatable bonds is 1. The summed E-state index contributed by atoms with van der Waals surface area (Å²) in [5.74, 6) is 0.213. The first-order valence-corrected chi connectivity index (χ1v) is 2.40. The van der Waals surface area contributed by atoms with E-state index in [2.05, 4.69) is 5.32 Å². The van der Waals surface area contributed by atoms with E-state index in [-0.39, 0.29) is 64.6 Å². The van der Waals surface area contributed by atoms with Crippen LogP contribution in [-0.4, -0.2) is 13.0 Å². The van der Waals surface area contributed by atoms with Gasteiger partial charge in [0.1, 0.15) is 0 Å². The molecule has 3 heteroatoms. The van der Waals surface area contributed by atoms with Gasteiger partial charge in [-0.05, 0) is 0 Å². The molecule has 1 N–H and O–H groups in total. The molecule has 0 fully saturated rings. The molecule has 1 amide bonds. The topological polar surface area (TPSA) is 29.1 Å². The molecule has 0 unspecified atom stereocenters. The average Bonchev–Trinajstić information content (AvgIpc) is 1.65. The van der Waals surface area contributed by atoms with Crippen molar-refractivity contribution in [1.29, 1.82) is 0 Å². The van der Waals surface area contributed by atoms with Gasteiger partial charge in [0.15, 0.2) is 0 Å². The zero-order chi connectivity index (χ0) is 5.86. The van der Waals surface area contributed by atoms with Gasteiger partial charge in [-0.2, -0.15) is 0 Å². The van der Waals surface area contributed by atoms with Gasteiger partial charge in [-0.3, -0.25) is 4.79 Å². The third-order valence-electron chi connectivity index (χ3n) is 0.771. The van der Waals surface area contributed by atoms with Gasteiger partial charge in [0, 0.05) is 13.0 Å². The maximum Gasteiger partial charge on any atom is 1.00 e. The van der Waals surface area contributed by atoms with Crippen molar-refractivity contribution in [2.45, 2.75) is 13.8 Å². The first-order valence-electron chi connectivity index (χ1n) is 2.40. The number of carbonyl (C=O) groups excluding carboxylic acids is 1. The molecule has 0 aromatic carbocycles. The molecule has 0 atom stereocenters. The van der Waals surface area contributed by atoms with Crippen LogP contribution in [0.1, 0.15) is 15.3 Å². The van der Waals surface area contributed by atoms with Gasteiger partial charge < -0.3 is 6.74 Å². The SMILES string of the molecule is CNC(=O)C(C)C.[H-].[K+]. The van der Waals surface area contributed by atoms with E-state index in [0.29, 0.717) is 0 Å². The van der Waals surface area contributed by atoms with Gasteiger partial charge in [0.05, 0.1) is 0 Å². The fourth-order valence-electron chi connectivity index (χ4n) is 0.289. The van der Waals surface area contributed by atoms with Crippen LogP contribution in [-0.2, 0) is 4.79 Å². The molecule has 0 heterocycles. The van der Waals surface area contributed by atoms with Crippen LogP contribution < -0.4 is 56.7 Å². The summed E-state index contributed by atoms with van der Waals surface area (Å²) in [6, 6.07) is 0. The predicted octanol–water partition coefficient (Wildman–Crippen LogP) is -2.50. The van der Waals surface area contributed by atoms with Gasteiger partial charge in [0.25, 0.3) is 0 Å². The Morgan fingerprint density at radius 1 is 1.62 bits per heavy atom. The second-order valence-electron chi connectivity index (χ2n) is 1.77. The van der Waals surface area contributed by atoms with E-state index in [9.17, 15) is 4.79 Å².